The van der Waals surface area contributed by atoms with E-state index in [1.165, 1.54) is 6.20 Å². The Labute approximate surface area is 202 Å². The largest absolute Gasteiger partial charge is 0.496 e. The molecule has 2 N–H and O–H groups in total. The molecule has 0 spiro atoms. The third-order valence-electron chi connectivity index (χ3n) is 6.28. The number of carbonyl (C=O) groups is 2. The summed E-state index contributed by atoms with van der Waals surface area (Å²) in [5.41, 5.74) is 3.13. The molecule has 2 aromatic carbocycles. The van der Waals surface area contributed by atoms with Crippen LogP contribution in [0.15, 0.2) is 66.0 Å². The molecule has 5 rings (SSSR count). The van der Waals surface area contributed by atoms with Crippen LogP contribution >= 0.6 is 11.6 Å². The number of nitrogens with one attached hydrogen (secondary N) is 2. The molecule has 1 unspecified atom stereocenters. The standard InChI is InChI=1S/C26H25ClN4O3/c1-26(2)12-19-22(20(32)13-26)23(17-6-4-5-7-21(17)34-3)31-24(30-19)18(14-28-31)25(33)29-16-10-8-15(27)9-11-16/h4-11,14,23,30H,12-13H2,1-3H3,(H,29,33). The lowest BCUT2D eigenvalue weighted by Crippen LogP contribution is -2.37. The molecule has 0 saturated carbocycles. The van der Waals surface area contributed by atoms with Crippen LogP contribution in [0.2, 0.25) is 5.02 Å². The summed E-state index contributed by atoms with van der Waals surface area (Å²) >= 11 is 5.96. The van der Waals surface area contributed by atoms with Crippen LogP contribution in [0.4, 0.5) is 11.5 Å². The number of nitrogens with zero attached hydrogens (tertiary/aromatic N) is 2. The van der Waals surface area contributed by atoms with Crippen molar-refractivity contribution in [2.45, 2.75) is 32.7 Å². The topological polar surface area (TPSA) is 85.2 Å². The number of aromatic nitrogens is 2. The van der Waals surface area contributed by atoms with Gasteiger partial charge in [0.05, 0.1) is 13.3 Å². The van der Waals surface area contributed by atoms with Crippen LogP contribution in [0.5, 0.6) is 5.75 Å². The zero-order chi connectivity index (χ0) is 24.0. The first-order valence-electron chi connectivity index (χ1n) is 11.1. The van der Waals surface area contributed by atoms with Gasteiger partial charge < -0.3 is 15.4 Å². The van der Waals surface area contributed by atoms with Gasteiger partial charge in [-0.3, -0.25) is 9.59 Å². The molecule has 1 amide bonds. The van der Waals surface area contributed by atoms with Gasteiger partial charge in [0, 0.05) is 34.0 Å². The molecule has 1 aliphatic heterocycles. The minimum absolute atomic E-state index is 0.0722. The number of Topliss-reactive ketones (excluding diaryl/α,β-unsaturated/α-hetero) is 1. The Morgan fingerprint density at radius 3 is 2.65 bits per heavy atom. The van der Waals surface area contributed by atoms with E-state index < -0.39 is 6.04 Å². The van der Waals surface area contributed by atoms with Gasteiger partial charge in [0.2, 0.25) is 0 Å². The maximum Gasteiger partial charge on any atom is 0.261 e. The van der Waals surface area contributed by atoms with Gasteiger partial charge in [-0.25, -0.2) is 4.68 Å². The maximum absolute atomic E-state index is 13.4. The first-order chi connectivity index (χ1) is 16.3. The minimum Gasteiger partial charge on any atom is -0.496 e. The van der Waals surface area contributed by atoms with E-state index in [4.69, 9.17) is 16.3 Å². The third kappa shape index (κ3) is 3.86. The summed E-state index contributed by atoms with van der Waals surface area (Å²) < 4.78 is 7.34. The lowest BCUT2D eigenvalue weighted by Gasteiger charge is -2.39. The fraction of sp³-hybridized carbons (Fsp3) is 0.269. The van der Waals surface area contributed by atoms with Gasteiger partial charge in [-0.2, -0.15) is 5.10 Å². The van der Waals surface area contributed by atoms with Gasteiger partial charge >= 0.3 is 0 Å². The quantitative estimate of drug-likeness (QED) is 0.522. The number of fused-ring (bicyclic) bond motifs is 1. The molecular weight excluding hydrogens is 452 g/mol. The van der Waals surface area contributed by atoms with E-state index in [2.05, 4.69) is 29.6 Å². The summed E-state index contributed by atoms with van der Waals surface area (Å²) in [6.45, 7) is 4.16. The van der Waals surface area contributed by atoms with Gasteiger partial charge in [-0.1, -0.05) is 43.6 Å². The zero-order valence-corrected chi connectivity index (χ0v) is 19.9. The van der Waals surface area contributed by atoms with Crippen LogP contribution in [0.3, 0.4) is 0 Å². The number of ketones is 1. The first kappa shape index (κ1) is 22.2. The predicted octanol–water partition coefficient (Wildman–Crippen LogP) is 5.46. The van der Waals surface area contributed by atoms with Crippen molar-refractivity contribution < 1.29 is 14.3 Å². The molecule has 2 aliphatic rings. The number of halogens is 1. The molecule has 0 fully saturated rings. The molecule has 34 heavy (non-hydrogen) atoms. The number of para-hydroxylation sites is 1. The monoisotopic (exact) mass is 476 g/mol. The van der Waals surface area contributed by atoms with Crippen molar-refractivity contribution >= 4 is 34.8 Å². The van der Waals surface area contributed by atoms with E-state index in [-0.39, 0.29) is 17.1 Å². The van der Waals surface area contributed by atoms with E-state index in [1.807, 2.05) is 24.3 Å². The molecule has 0 radical (unpaired) electrons. The molecule has 1 atom stereocenters. The molecule has 2 heterocycles. The molecule has 0 saturated heterocycles. The number of hydrogen-bond acceptors (Lipinski definition) is 5. The van der Waals surface area contributed by atoms with Crippen LogP contribution < -0.4 is 15.4 Å². The first-order valence-corrected chi connectivity index (χ1v) is 11.5. The number of carbonyl (C=O) groups excluding carboxylic acids is 2. The fourth-order valence-electron chi connectivity index (χ4n) is 4.79. The highest BCUT2D eigenvalue weighted by Crippen LogP contribution is 2.47. The second kappa shape index (κ2) is 8.33. The lowest BCUT2D eigenvalue weighted by molar-refractivity contribution is -0.118. The van der Waals surface area contributed by atoms with E-state index >= 15 is 0 Å². The van der Waals surface area contributed by atoms with Gasteiger partial charge in [-0.15, -0.1) is 0 Å². The molecule has 7 nitrogen and oxygen atoms in total. The van der Waals surface area contributed by atoms with E-state index in [0.29, 0.717) is 46.3 Å². The fourth-order valence-corrected chi connectivity index (χ4v) is 4.91. The summed E-state index contributed by atoms with van der Waals surface area (Å²) in [4.78, 5) is 26.6. The highest BCUT2D eigenvalue weighted by molar-refractivity contribution is 6.30. The average molecular weight is 477 g/mol. The number of ether oxygens (including phenoxy) is 1. The lowest BCUT2D eigenvalue weighted by atomic mass is 9.73. The van der Waals surface area contributed by atoms with Crippen LogP contribution in [0.1, 0.15) is 48.7 Å². The SMILES string of the molecule is COc1ccccc1C1C2=C(CC(C)(C)CC2=O)Nc2c(C(=O)Nc3ccc(Cl)cc3)cnn21. The Balaban J connectivity index is 1.61. The number of amides is 1. The van der Waals surface area contributed by atoms with Gasteiger partial charge in [0.1, 0.15) is 23.2 Å². The van der Waals surface area contributed by atoms with Gasteiger partial charge in [-0.05, 0) is 42.2 Å². The maximum atomic E-state index is 13.4. The number of rotatable bonds is 4. The molecule has 0 bridgehead atoms. The van der Waals surface area contributed by atoms with Crippen molar-refractivity contribution in [2.75, 3.05) is 17.7 Å². The van der Waals surface area contributed by atoms with Crippen LogP contribution in [0, 0.1) is 5.41 Å². The number of hydrogen-bond donors (Lipinski definition) is 2. The Bertz CT molecular complexity index is 1320. The molecule has 1 aromatic heterocycles. The molecule has 1 aliphatic carbocycles. The summed E-state index contributed by atoms with van der Waals surface area (Å²) in [6, 6.07) is 14.0. The van der Waals surface area contributed by atoms with Crippen molar-refractivity contribution in [1.29, 1.82) is 0 Å². The second-order valence-electron chi connectivity index (χ2n) is 9.42. The minimum atomic E-state index is -0.497. The van der Waals surface area contributed by atoms with E-state index in [1.54, 1.807) is 36.1 Å². The molecule has 8 heteroatoms. The Kier molecular flexibility index (Phi) is 5.44. The van der Waals surface area contributed by atoms with E-state index in [0.717, 1.165) is 11.3 Å². The number of anilines is 2. The highest BCUT2D eigenvalue weighted by atomic mass is 35.5. The van der Waals surface area contributed by atoms with Gasteiger partial charge in [0.25, 0.3) is 5.91 Å². The third-order valence-corrected chi connectivity index (χ3v) is 6.53. The second-order valence-corrected chi connectivity index (χ2v) is 9.85. The van der Waals surface area contributed by atoms with Crippen LogP contribution in [0.25, 0.3) is 0 Å². The highest BCUT2D eigenvalue weighted by Gasteiger charge is 2.43. The van der Waals surface area contributed by atoms with Crippen molar-refractivity contribution in [1.82, 2.24) is 9.78 Å². The van der Waals surface area contributed by atoms with E-state index in [9.17, 15) is 9.59 Å². The predicted molar refractivity (Wildman–Crippen MR) is 131 cm³/mol. The van der Waals surface area contributed by atoms with Crippen molar-refractivity contribution in [2.24, 2.45) is 5.41 Å². The molecule has 174 valence electrons. The zero-order valence-electron chi connectivity index (χ0n) is 19.2. The van der Waals surface area contributed by atoms with Gasteiger partial charge in [0.15, 0.2) is 5.78 Å². The summed E-state index contributed by atoms with van der Waals surface area (Å²) in [5.74, 6) is 0.974. The smallest absolute Gasteiger partial charge is 0.261 e. The summed E-state index contributed by atoms with van der Waals surface area (Å²) in [6.07, 6.45) is 2.66. The van der Waals surface area contributed by atoms with Crippen molar-refractivity contribution in [3.8, 4) is 5.75 Å². The number of allylic oxidation sites excluding steroid dienone is 2. The summed E-state index contributed by atoms with van der Waals surface area (Å²) in [7, 11) is 1.61. The van der Waals surface area contributed by atoms with Crippen LogP contribution in [-0.2, 0) is 4.79 Å². The summed E-state index contributed by atoms with van der Waals surface area (Å²) in [5, 5.41) is 11.4. The molecular formula is C26H25ClN4O3. The Morgan fingerprint density at radius 1 is 1.18 bits per heavy atom. The van der Waals surface area contributed by atoms with Crippen molar-refractivity contribution in [3.05, 3.63) is 82.1 Å². The Morgan fingerprint density at radius 2 is 1.91 bits per heavy atom. The van der Waals surface area contributed by atoms with Crippen LogP contribution in [-0.4, -0.2) is 28.6 Å². The molecule has 3 aromatic rings. The Hall–Kier alpha value is -3.58. The number of benzene rings is 2. The van der Waals surface area contributed by atoms with Crippen molar-refractivity contribution in [3.63, 3.8) is 0 Å². The number of methoxy groups -OCH3 is 1. The average Bonchev–Trinajstić information content (AvgIpc) is 3.22. The normalized spacial score (nSPS) is 18.6.